The van der Waals surface area contributed by atoms with Gasteiger partial charge in [-0.25, -0.2) is 0 Å². The summed E-state index contributed by atoms with van der Waals surface area (Å²) in [5.74, 6) is 1.03. The number of carbonyl (C=O) groups is 1. The van der Waals surface area contributed by atoms with E-state index < -0.39 is 0 Å². The third kappa shape index (κ3) is 4.62. The maximum absolute atomic E-state index is 12.5. The number of para-hydroxylation sites is 2. The first-order valence-electron chi connectivity index (χ1n) is 10.6. The Balaban J connectivity index is 1.44. The summed E-state index contributed by atoms with van der Waals surface area (Å²) in [6.07, 6.45) is 2.97. The second-order valence-corrected chi connectivity index (χ2v) is 7.96. The van der Waals surface area contributed by atoms with Gasteiger partial charge in [0, 0.05) is 24.3 Å². The maximum Gasteiger partial charge on any atom is 0.253 e. The van der Waals surface area contributed by atoms with Crippen LogP contribution in [0.1, 0.15) is 31.7 Å². The number of hydrogen-bond acceptors (Lipinski definition) is 4. The molecule has 0 aliphatic carbocycles. The van der Waals surface area contributed by atoms with E-state index in [0.29, 0.717) is 13.2 Å². The topological polar surface area (TPSA) is 42.0 Å². The molecule has 0 N–H and O–H groups in total. The summed E-state index contributed by atoms with van der Waals surface area (Å²) in [5.41, 5.74) is 1.95. The normalized spacial score (nSPS) is 23.2. The first-order chi connectivity index (χ1) is 14.2. The van der Waals surface area contributed by atoms with Gasteiger partial charge in [0.15, 0.2) is 0 Å². The Morgan fingerprint density at radius 3 is 2.66 bits per heavy atom. The summed E-state index contributed by atoms with van der Waals surface area (Å²) in [5, 5.41) is 0. The van der Waals surface area contributed by atoms with Crippen LogP contribution in [0.15, 0.2) is 54.6 Å². The number of carbonyl (C=O) groups excluding carboxylic acids is 1. The predicted octanol–water partition coefficient (Wildman–Crippen LogP) is 3.87. The van der Waals surface area contributed by atoms with Crippen molar-refractivity contribution in [1.82, 2.24) is 4.90 Å². The molecule has 1 spiro atoms. The Labute approximate surface area is 173 Å². The number of likely N-dealkylation sites (tertiary alicyclic amines) is 1. The molecular formula is C24H30N2O3. The molecule has 1 atom stereocenters. The minimum Gasteiger partial charge on any atom is -0.494 e. The molecule has 2 saturated heterocycles. The van der Waals surface area contributed by atoms with Crippen LogP contribution in [0.3, 0.4) is 0 Å². The van der Waals surface area contributed by atoms with Crippen LogP contribution in [0, 0.1) is 0 Å². The highest BCUT2D eigenvalue weighted by atomic mass is 16.5. The molecular weight excluding hydrogens is 364 g/mol. The van der Waals surface area contributed by atoms with Crippen molar-refractivity contribution >= 4 is 11.6 Å². The van der Waals surface area contributed by atoms with E-state index in [9.17, 15) is 4.79 Å². The van der Waals surface area contributed by atoms with E-state index >= 15 is 0 Å². The number of ether oxygens (including phenoxy) is 2. The van der Waals surface area contributed by atoms with Crippen molar-refractivity contribution < 1.29 is 14.3 Å². The number of hydrogen-bond donors (Lipinski definition) is 0. The van der Waals surface area contributed by atoms with Gasteiger partial charge in [0.05, 0.1) is 18.8 Å². The lowest BCUT2D eigenvalue weighted by atomic mass is 9.92. The lowest BCUT2D eigenvalue weighted by Gasteiger charge is -2.42. The number of benzene rings is 2. The minimum absolute atomic E-state index is 0.0496. The number of morpholine rings is 1. The molecule has 2 aliphatic heterocycles. The quantitative estimate of drug-likeness (QED) is 0.772. The van der Waals surface area contributed by atoms with Crippen LogP contribution < -0.4 is 9.64 Å². The van der Waals surface area contributed by atoms with Gasteiger partial charge >= 0.3 is 0 Å². The fraction of sp³-hybridized carbons (Fsp3) is 0.458. The maximum atomic E-state index is 12.5. The summed E-state index contributed by atoms with van der Waals surface area (Å²) >= 11 is 0. The molecule has 2 fully saturated rings. The predicted molar refractivity (Wildman–Crippen MR) is 114 cm³/mol. The Hall–Kier alpha value is -2.37. The van der Waals surface area contributed by atoms with Crippen LogP contribution in [0.25, 0.3) is 0 Å². The summed E-state index contributed by atoms with van der Waals surface area (Å²) in [7, 11) is 0. The standard InChI is InChI=1S/C24H30N2O3/c1-2-28-22-12-7-6-9-20(22)17-25-15-8-13-24(14-16-25)19-26(23(27)18-29-24)21-10-4-3-5-11-21/h3-7,9-12H,2,8,13-19H2,1H3. The molecule has 1 amide bonds. The highest BCUT2D eigenvalue weighted by Gasteiger charge is 2.41. The van der Waals surface area contributed by atoms with Crippen molar-refractivity contribution in [2.24, 2.45) is 0 Å². The molecule has 2 aliphatic rings. The van der Waals surface area contributed by atoms with Gasteiger partial charge in [-0.05, 0) is 50.9 Å². The summed E-state index contributed by atoms with van der Waals surface area (Å²) in [6, 6.07) is 18.2. The molecule has 4 rings (SSSR count). The van der Waals surface area contributed by atoms with E-state index in [-0.39, 0.29) is 18.1 Å². The Bertz CT molecular complexity index is 826. The van der Waals surface area contributed by atoms with Crippen molar-refractivity contribution in [3.8, 4) is 5.75 Å². The summed E-state index contributed by atoms with van der Waals surface area (Å²) in [6.45, 7) is 6.38. The van der Waals surface area contributed by atoms with Crippen molar-refractivity contribution in [2.75, 3.05) is 37.7 Å². The average Bonchev–Trinajstić information content (AvgIpc) is 2.95. The molecule has 5 nitrogen and oxygen atoms in total. The second kappa shape index (κ2) is 8.97. The summed E-state index contributed by atoms with van der Waals surface area (Å²) < 4.78 is 12.0. The van der Waals surface area contributed by atoms with Crippen LogP contribution in [-0.2, 0) is 16.1 Å². The lowest BCUT2D eigenvalue weighted by Crippen LogP contribution is -2.55. The van der Waals surface area contributed by atoms with Gasteiger partial charge in [0.25, 0.3) is 5.91 Å². The molecule has 0 bridgehead atoms. The SMILES string of the molecule is CCOc1ccccc1CN1CCCC2(CC1)CN(c1ccccc1)C(=O)CO2. The van der Waals surface area contributed by atoms with Crippen LogP contribution in [0.4, 0.5) is 5.69 Å². The van der Waals surface area contributed by atoms with Crippen molar-refractivity contribution in [3.05, 3.63) is 60.2 Å². The largest absolute Gasteiger partial charge is 0.494 e. The Morgan fingerprint density at radius 2 is 1.83 bits per heavy atom. The zero-order valence-electron chi connectivity index (χ0n) is 17.2. The smallest absolute Gasteiger partial charge is 0.253 e. The van der Waals surface area contributed by atoms with Crippen LogP contribution in [0.2, 0.25) is 0 Å². The van der Waals surface area contributed by atoms with Gasteiger partial charge in [0.2, 0.25) is 0 Å². The fourth-order valence-electron chi connectivity index (χ4n) is 4.41. The van der Waals surface area contributed by atoms with Gasteiger partial charge in [-0.2, -0.15) is 0 Å². The monoisotopic (exact) mass is 394 g/mol. The van der Waals surface area contributed by atoms with Crippen molar-refractivity contribution in [3.63, 3.8) is 0 Å². The molecule has 29 heavy (non-hydrogen) atoms. The molecule has 2 aromatic carbocycles. The molecule has 154 valence electrons. The van der Waals surface area contributed by atoms with Crippen LogP contribution in [0.5, 0.6) is 5.75 Å². The highest BCUT2D eigenvalue weighted by Crippen LogP contribution is 2.33. The van der Waals surface area contributed by atoms with E-state index in [1.165, 1.54) is 5.56 Å². The summed E-state index contributed by atoms with van der Waals surface area (Å²) in [4.78, 5) is 16.9. The molecule has 1 unspecified atom stereocenters. The van der Waals surface area contributed by atoms with Gasteiger partial charge in [0.1, 0.15) is 12.4 Å². The minimum atomic E-state index is -0.252. The number of nitrogens with zero attached hydrogens (tertiary/aromatic N) is 2. The van der Waals surface area contributed by atoms with E-state index in [2.05, 4.69) is 17.0 Å². The fourth-order valence-corrected chi connectivity index (χ4v) is 4.41. The number of rotatable bonds is 5. The van der Waals surface area contributed by atoms with Gasteiger partial charge in [-0.1, -0.05) is 36.4 Å². The number of amides is 1. The van der Waals surface area contributed by atoms with E-state index in [1.54, 1.807) is 0 Å². The molecule has 0 aromatic heterocycles. The molecule has 0 saturated carbocycles. The molecule has 2 aromatic rings. The van der Waals surface area contributed by atoms with E-state index in [0.717, 1.165) is 50.3 Å². The first kappa shape index (κ1) is 19.9. The van der Waals surface area contributed by atoms with Crippen LogP contribution >= 0.6 is 0 Å². The zero-order valence-corrected chi connectivity index (χ0v) is 17.2. The average molecular weight is 395 g/mol. The van der Waals surface area contributed by atoms with E-state index in [4.69, 9.17) is 9.47 Å². The first-order valence-corrected chi connectivity index (χ1v) is 10.6. The van der Waals surface area contributed by atoms with Crippen LogP contribution in [-0.4, -0.2) is 49.3 Å². The van der Waals surface area contributed by atoms with Crippen molar-refractivity contribution in [2.45, 2.75) is 38.3 Å². The third-order valence-electron chi connectivity index (χ3n) is 5.97. The second-order valence-electron chi connectivity index (χ2n) is 7.96. The van der Waals surface area contributed by atoms with Gasteiger partial charge in [-0.15, -0.1) is 0 Å². The van der Waals surface area contributed by atoms with Gasteiger partial charge < -0.3 is 14.4 Å². The Kier molecular flexibility index (Phi) is 6.16. The van der Waals surface area contributed by atoms with Gasteiger partial charge in [-0.3, -0.25) is 9.69 Å². The molecule has 5 heteroatoms. The molecule has 2 heterocycles. The van der Waals surface area contributed by atoms with Crippen molar-refractivity contribution in [1.29, 1.82) is 0 Å². The lowest BCUT2D eigenvalue weighted by molar-refractivity contribution is -0.140. The number of anilines is 1. The zero-order chi connectivity index (χ0) is 20.1. The highest BCUT2D eigenvalue weighted by molar-refractivity contribution is 5.95. The molecule has 0 radical (unpaired) electrons. The Morgan fingerprint density at radius 1 is 1.03 bits per heavy atom. The third-order valence-corrected chi connectivity index (χ3v) is 5.97. The van der Waals surface area contributed by atoms with E-state index in [1.807, 2.05) is 54.3 Å².